The van der Waals surface area contributed by atoms with Crippen LogP contribution in [-0.2, 0) is 0 Å². The third-order valence-corrected chi connectivity index (χ3v) is 7.13. The van der Waals surface area contributed by atoms with Crippen molar-refractivity contribution in [1.29, 1.82) is 0 Å². The Hall–Kier alpha value is -2.75. The van der Waals surface area contributed by atoms with Crippen molar-refractivity contribution >= 4 is 22.5 Å². The van der Waals surface area contributed by atoms with Gasteiger partial charge in [-0.05, 0) is 63.0 Å². The van der Waals surface area contributed by atoms with Crippen molar-refractivity contribution in [3.63, 3.8) is 0 Å². The molecular formula is C22H26F2N6OS. The van der Waals surface area contributed by atoms with Gasteiger partial charge in [0.1, 0.15) is 22.4 Å². The monoisotopic (exact) mass is 460 g/mol. The van der Waals surface area contributed by atoms with Crippen LogP contribution in [0.2, 0.25) is 0 Å². The fraction of sp³-hybridized carbons (Fsp3) is 0.500. The van der Waals surface area contributed by atoms with Crippen LogP contribution in [-0.4, -0.2) is 38.3 Å². The summed E-state index contributed by atoms with van der Waals surface area (Å²) in [5.41, 5.74) is 1.06. The highest BCUT2D eigenvalue weighted by Gasteiger charge is 2.43. The third kappa shape index (κ3) is 4.15. The number of rotatable bonds is 6. The van der Waals surface area contributed by atoms with E-state index in [0.717, 1.165) is 49.8 Å². The number of piperidine rings is 1. The molecule has 0 amide bonds. The standard InChI is InChI=1S/C22H26F2N6OS/c1-12(2)30-22(31-18-8-16(23)7-17(24)9-18)26-21(27-30)25-20-14-4-5-15(20)11-29(10-14)19-6-13(3)28-32-19/h6-9,12,14-15,20H,4-5,10-11H2,1-3H3,(H,25,27)/t14-,15+,20?. The molecule has 10 heteroatoms. The number of anilines is 2. The molecule has 0 spiro atoms. The minimum Gasteiger partial charge on any atom is -0.424 e. The van der Waals surface area contributed by atoms with Crippen LogP contribution in [0.1, 0.15) is 38.4 Å². The molecule has 3 heterocycles. The Morgan fingerprint density at radius 3 is 2.38 bits per heavy atom. The molecule has 2 aromatic heterocycles. The molecule has 2 fully saturated rings. The number of aromatic nitrogens is 4. The van der Waals surface area contributed by atoms with E-state index in [-0.39, 0.29) is 23.8 Å². The van der Waals surface area contributed by atoms with E-state index in [9.17, 15) is 8.78 Å². The molecule has 5 rings (SSSR count). The van der Waals surface area contributed by atoms with E-state index in [1.165, 1.54) is 5.00 Å². The van der Waals surface area contributed by atoms with Gasteiger partial charge in [0, 0.05) is 37.3 Å². The highest BCUT2D eigenvalue weighted by molar-refractivity contribution is 7.10. The van der Waals surface area contributed by atoms with E-state index in [1.54, 1.807) is 16.2 Å². The van der Waals surface area contributed by atoms with Gasteiger partial charge in [-0.25, -0.2) is 13.5 Å². The molecule has 7 nitrogen and oxygen atoms in total. The van der Waals surface area contributed by atoms with E-state index < -0.39 is 11.6 Å². The van der Waals surface area contributed by atoms with Gasteiger partial charge in [0.15, 0.2) is 0 Å². The van der Waals surface area contributed by atoms with E-state index in [0.29, 0.717) is 17.8 Å². The van der Waals surface area contributed by atoms with Gasteiger partial charge in [0.25, 0.3) is 0 Å². The first-order chi connectivity index (χ1) is 15.4. The number of nitrogens with zero attached hydrogens (tertiary/aromatic N) is 5. The Labute approximate surface area is 189 Å². The van der Waals surface area contributed by atoms with Crippen LogP contribution in [0.4, 0.5) is 19.7 Å². The summed E-state index contributed by atoms with van der Waals surface area (Å²) in [5.74, 6) is 0.112. The van der Waals surface area contributed by atoms with Gasteiger partial charge in [-0.1, -0.05) is 0 Å². The Bertz CT molecular complexity index is 1080. The highest BCUT2D eigenvalue weighted by Crippen LogP contribution is 2.41. The molecular weight excluding hydrogens is 434 g/mol. The predicted molar refractivity (Wildman–Crippen MR) is 120 cm³/mol. The maximum atomic E-state index is 13.6. The first-order valence-electron chi connectivity index (χ1n) is 10.9. The quantitative estimate of drug-likeness (QED) is 0.557. The van der Waals surface area contributed by atoms with Gasteiger partial charge in [-0.3, -0.25) is 0 Å². The normalized spacial score (nSPS) is 22.6. The molecule has 3 aromatic rings. The van der Waals surface area contributed by atoms with Crippen molar-refractivity contribution in [2.75, 3.05) is 23.3 Å². The molecule has 1 aliphatic carbocycles. The smallest absolute Gasteiger partial charge is 0.322 e. The lowest BCUT2D eigenvalue weighted by molar-refractivity contribution is 0.372. The first kappa shape index (κ1) is 21.1. The van der Waals surface area contributed by atoms with Crippen molar-refractivity contribution in [2.45, 2.75) is 45.7 Å². The van der Waals surface area contributed by atoms with Gasteiger partial charge < -0.3 is 15.0 Å². The fourth-order valence-electron chi connectivity index (χ4n) is 4.76. The second kappa shape index (κ2) is 8.31. The van der Waals surface area contributed by atoms with Crippen LogP contribution in [0.3, 0.4) is 0 Å². The number of fused-ring (bicyclic) bond motifs is 2. The summed E-state index contributed by atoms with van der Waals surface area (Å²) in [4.78, 5) is 6.95. The summed E-state index contributed by atoms with van der Waals surface area (Å²) in [6.45, 7) is 7.89. The van der Waals surface area contributed by atoms with Gasteiger partial charge in [-0.15, -0.1) is 5.10 Å². The van der Waals surface area contributed by atoms with E-state index in [2.05, 4.69) is 30.7 Å². The Kier molecular flexibility index (Phi) is 5.48. The Morgan fingerprint density at radius 1 is 1.09 bits per heavy atom. The van der Waals surface area contributed by atoms with Crippen LogP contribution in [0.15, 0.2) is 24.3 Å². The summed E-state index contributed by atoms with van der Waals surface area (Å²) in [6.07, 6.45) is 2.32. The molecule has 2 aliphatic rings. The van der Waals surface area contributed by atoms with Gasteiger partial charge >= 0.3 is 6.01 Å². The summed E-state index contributed by atoms with van der Waals surface area (Å²) in [6, 6.07) is 5.68. The number of nitrogens with one attached hydrogen (secondary N) is 1. The zero-order chi connectivity index (χ0) is 22.4. The highest BCUT2D eigenvalue weighted by atomic mass is 32.1. The van der Waals surface area contributed by atoms with Crippen LogP contribution in [0.5, 0.6) is 11.8 Å². The average Bonchev–Trinajstić information content (AvgIpc) is 3.38. The van der Waals surface area contributed by atoms with Crippen molar-refractivity contribution in [3.05, 3.63) is 41.6 Å². The maximum absolute atomic E-state index is 13.6. The molecule has 0 radical (unpaired) electrons. The molecule has 2 bridgehead atoms. The van der Waals surface area contributed by atoms with Crippen molar-refractivity contribution in [1.82, 2.24) is 19.1 Å². The SMILES string of the molecule is Cc1cc(N2C[C@H]3CC[C@@H](C2)C3Nc2nc(Oc3cc(F)cc(F)c3)n(C(C)C)n2)sn1. The second-order valence-electron chi connectivity index (χ2n) is 8.94. The van der Waals surface area contributed by atoms with E-state index >= 15 is 0 Å². The molecule has 170 valence electrons. The molecule has 3 atom stereocenters. The van der Waals surface area contributed by atoms with Crippen LogP contribution in [0, 0.1) is 30.4 Å². The number of aryl methyl sites for hydroxylation is 1. The van der Waals surface area contributed by atoms with Crippen LogP contribution in [0.25, 0.3) is 0 Å². The van der Waals surface area contributed by atoms with Crippen molar-refractivity contribution in [3.8, 4) is 11.8 Å². The minimum atomic E-state index is -0.701. The summed E-state index contributed by atoms with van der Waals surface area (Å²) in [7, 11) is 0. The first-order valence-corrected chi connectivity index (χ1v) is 11.7. The predicted octanol–water partition coefficient (Wildman–Crippen LogP) is 5.02. The fourth-order valence-corrected chi connectivity index (χ4v) is 5.53. The van der Waals surface area contributed by atoms with Crippen molar-refractivity contribution in [2.24, 2.45) is 11.8 Å². The number of ether oxygens (including phenoxy) is 1. The van der Waals surface area contributed by atoms with Crippen LogP contribution < -0.4 is 15.0 Å². The summed E-state index contributed by atoms with van der Waals surface area (Å²) < 4.78 is 38.9. The maximum Gasteiger partial charge on any atom is 0.322 e. The Balaban J connectivity index is 1.33. The Morgan fingerprint density at radius 2 is 1.78 bits per heavy atom. The zero-order valence-corrected chi connectivity index (χ0v) is 19.1. The molecule has 1 aromatic carbocycles. The third-order valence-electron chi connectivity index (χ3n) is 6.19. The molecule has 1 N–H and O–H groups in total. The van der Waals surface area contributed by atoms with Gasteiger partial charge in [-0.2, -0.15) is 9.36 Å². The van der Waals surface area contributed by atoms with E-state index in [4.69, 9.17) is 4.74 Å². The van der Waals surface area contributed by atoms with Gasteiger partial charge in [0.05, 0.1) is 11.7 Å². The topological polar surface area (TPSA) is 68.1 Å². The van der Waals surface area contributed by atoms with Crippen LogP contribution >= 0.6 is 11.5 Å². The number of halogens is 2. The largest absolute Gasteiger partial charge is 0.424 e. The molecule has 32 heavy (non-hydrogen) atoms. The molecule has 1 unspecified atom stereocenters. The van der Waals surface area contributed by atoms with Gasteiger partial charge in [0.2, 0.25) is 5.95 Å². The number of benzene rings is 1. The van der Waals surface area contributed by atoms with E-state index in [1.807, 2.05) is 20.8 Å². The lowest BCUT2D eigenvalue weighted by Gasteiger charge is -2.38. The molecule has 1 saturated heterocycles. The second-order valence-corrected chi connectivity index (χ2v) is 9.73. The summed E-state index contributed by atoms with van der Waals surface area (Å²) >= 11 is 1.56. The lowest BCUT2D eigenvalue weighted by atomic mass is 9.92. The lowest BCUT2D eigenvalue weighted by Crippen LogP contribution is -2.48. The molecule has 1 aliphatic heterocycles. The molecule has 1 saturated carbocycles. The zero-order valence-electron chi connectivity index (χ0n) is 18.3. The summed E-state index contributed by atoms with van der Waals surface area (Å²) in [5, 5.41) is 9.35. The van der Waals surface area contributed by atoms with Crippen molar-refractivity contribution < 1.29 is 13.5 Å². The minimum absolute atomic E-state index is 0.0282. The average molecular weight is 461 g/mol. The number of hydrogen-bond donors (Lipinski definition) is 1. The number of hydrogen-bond acceptors (Lipinski definition) is 7.